The van der Waals surface area contributed by atoms with E-state index in [0.29, 0.717) is 17.1 Å². The van der Waals surface area contributed by atoms with Crippen molar-refractivity contribution >= 4 is 0 Å². The third-order valence-corrected chi connectivity index (χ3v) is 1.74. The summed E-state index contributed by atoms with van der Waals surface area (Å²) < 4.78 is 5.00. The maximum atomic E-state index is 5.00. The Hall–Kier alpha value is -0.900. The molecular weight excluding hydrogens is 178 g/mol. The van der Waals surface area contributed by atoms with Crippen LogP contribution in [-0.2, 0) is 6.42 Å². The predicted molar refractivity (Wildman–Crippen MR) is 55.1 cm³/mol. The van der Waals surface area contributed by atoms with Crippen molar-refractivity contribution in [2.24, 2.45) is 5.41 Å². The molecule has 0 radical (unpaired) electrons. The zero-order valence-corrected chi connectivity index (χ0v) is 9.42. The number of hydrogen-bond acceptors (Lipinski definition) is 4. The van der Waals surface area contributed by atoms with Gasteiger partial charge in [-0.2, -0.15) is 4.98 Å². The van der Waals surface area contributed by atoms with Crippen LogP contribution in [0.2, 0.25) is 0 Å². The molecule has 0 atom stereocenters. The minimum atomic E-state index is 0.324. The fourth-order valence-corrected chi connectivity index (χ4v) is 1.10. The van der Waals surface area contributed by atoms with Gasteiger partial charge in [0, 0.05) is 19.5 Å². The third kappa shape index (κ3) is 4.37. The zero-order chi connectivity index (χ0) is 10.6. The summed E-state index contributed by atoms with van der Waals surface area (Å²) in [4.78, 5) is 4.13. The number of hydrogen-bond donors (Lipinski definition) is 1. The molecule has 0 spiro atoms. The van der Waals surface area contributed by atoms with Gasteiger partial charge in [-0.3, -0.25) is 0 Å². The van der Waals surface area contributed by atoms with Crippen LogP contribution in [0.25, 0.3) is 0 Å². The maximum Gasteiger partial charge on any atom is 0.227 e. The van der Waals surface area contributed by atoms with E-state index in [1.54, 1.807) is 0 Å². The summed E-state index contributed by atoms with van der Waals surface area (Å²) in [7, 11) is 0. The first-order valence-electron chi connectivity index (χ1n) is 4.97. The van der Waals surface area contributed by atoms with Gasteiger partial charge in [0.2, 0.25) is 5.89 Å². The van der Waals surface area contributed by atoms with Gasteiger partial charge in [0.15, 0.2) is 5.82 Å². The van der Waals surface area contributed by atoms with E-state index in [0.717, 1.165) is 19.5 Å². The molecule has 0 saturated carbocycles. The molecule has 1 aromatic rings. The summed E-state index contributed by atoms with van der Waals surface area (Å²) in [5.74, 6) is 1.42. The third-order valence-electron chi connectivity index (χ3n) is 1.74. The second-order valence-electron chi connectivity index (χ2n) is 4.72. The first-order chi connectivity index (χ1) is 6.47. The van der Waals surface area contributed by atoms with Crippen LogP contribution in [0.4, 0.5) is 0 Å². The molecule has 0 unspecified atom stereocenters. The van der Waals surface area contributed by atoms with E-state index >= 15 is 0 Å². The standard InChI is InChI=1S/C10H19N3O/c1-8-12-9(14-13-8)5-6-11-7-10(2,3)4/h11H,5-7H2,1-4H3. The Morgan fingerprint density at radius 3 is 2.57 bits per heavy atom. The van der Waals surface area contributed by atoms with Crippen molar-refractivity contribution in [3.63, 3.8) is 0 Å². The van der Waals surface area contributed by atoms with Gasteiger partial charge in [-0.15, -0.1) is 0 Å². The predicted octanol–water partition coefficient (Wildman–Crippen LogP) is 1.56. The normalized spacial score (nSPS) is 12.0. The molecule has 0 aliphatic heterocycles. The summed E-state index contributed by atoms with van der Waals surface area (Å²) in [6.45, 7) is 10.3. The SMILES string of the molecule is Cc1noc(CCNCC(C)(C)C)n1. The van der Waals surface area contributed by atoms with Gasteiger partial charge in [0.25, 0.3) is 0 Å². The van der Waals surface area contributed by atoms with Crippen LogP contribution in [0, 0.1) is 12.3 Å². The van der Waals surface area contributed by atoms with Crippen LogP contribution < -0.4 is 5.32 Å². The summed E-state index contributed by atoms with van der Waals surface area (Å²) in [5, 5.41) is 7.09. The van der Waals surface area contributed by atoms with Crippen LogP contribution >= 0.6 is 0 Å². The van der Waals surface area contributed by atoms with Crippen LogP contribution in [-0.4, -0.2) is 23.2 Å². The topological polar surface area (TPSA) is 51.0 Å². The molecule has 0 amide bonds. The van der Waals surface area contributed by atoms with E-state index in [1.807, 2.05) is 6.92 Å². The average Bonchev–Trinajstić information content (AvgIpc) is 2.44. The Morgan fingerprint density at radius 1 is 1.36 bits per heavy atom. The summed E-state index contributed by atoms with van der Waals surface area (Å²) in [6, 6.07) is 0. The molecule has 0 saturated heterocycles. The molecule has 1 heterocycles. The zero-order valence-electron chi connectivity index (χ0n) is 9.42. The fraction of sp³-hybridized carbons (Fsp3) is 0.800. The lowest BCUT2D eigenvalue weighted by atomic mass is 9.97. The highest BCUT2D eigenvalue weighted by molar-refractivity contribution is 4.83. The number of aromatic nitrogens is 2. The molecule has 4 nitrogen and oxygen atoms in total. The lowest BCUT2D eigenvalue weighted by molar-refractivity contribution is 0.355. The Labute approximate surface area is 85.1 Å². The van der Waals surface area contributed by atoms with Crippen molar-refractivity contribution in [1.82, 2.24) is 15.5 Å². The molecule has 0 bridgehead atoms. The fourth-order valence-electron chi connectivity index (χ4n) is 1.10. The first-order valence-corrected chi connectivity index (χ1v) is 4.97. The van der Waals surface area contributed by atoms with Crippen molar-refractivity contribution in [2.75, 3.05) is 13.1 Å². The maximum absolute atomic E-state index is 5.00. The molecule has 14 heavy (non-hydrogen) atoms. The molecular formula is C10H19N3O. The van der Waals surface area contributed by atoms with E-state index in [-0.39, 0.29) is 0 Å². The lowest BCUT2D eigenvalue weighted by Gasteiger charge is -2.18. The monoisotopic (exact) mass is 197 g/mol. The molecule has 0 fully saturated rings. The van der Waals surface area contributed by atoms with Gasteiger partial charge in [-0.05, 0) is 12.3 Å². The minimum absolute atomic E-state index is 0.324. The largest absolute Gasteiger partial charge is 0.339 e. The molecule has 0 aliphatic carbocycles. The number of aryl methyl sites for hydroxylation is 1. The van der Waals surface area contributed by atoms with Crippen molar-refractivity contribution < 1.29 is 4.52 Å². The molecule has 1 N–H and O–H groups in total. The lowest BCUT2D eigenvalue weighted by Crippen LogP contribution is -2.28. The Bertz CT molecular complexity index is 275. The van der Waals surface area contributed by atoms with Gasteiger partial charge in [0.1, 0.15) is 0 Å². The van der Waals surface area contributed by atoms with Gasteiger partial charge < -0.3 is 9.84 Å². The number of nitrogens with one attached hydrogen (secondary N) is 1. The van der Waals surface area contributed by atoms with Crippen LogP contribution in [0.3, 0.4) is 0 Å². The Morgan fingerprint density at radius 2 is 2.07 bits per heavy atom. The summed E-state index contributed by atoms with van der Waals surface area (Å²) >= 11 is 0. The Balaban J connectivity index is 2.16. The highest BCUT2D eigenvalue weighted by atomic mass is 16.5. The van der Waals surface area contributed by atoms with E-state index in [1.165, 1.54) is 0 Å². The number of rotatable bonds is 4. The van der Waals surface area contributed by atoms with Gasteiger partial charge in [-0.25, -0.2) is 0 Å². The molecule has 0 aliphatic rings. The van der Waals surface area contributed by atoms with Crippen molar-refractivity contribution in [3.8, 4) is 0 Å². The van der Waals surface area contributed by atoms with E-state index in [2.05, 4.69) is 36.2 Å². The second-order valence-corrected chi connectivity index (χ2v) is 4.72. The van der Waals surface area contributed by atoms with Crippen LogP contribution in [0.5, 0.6) is 0 Å². The number of nitrogens with zero attached hydrogens (tertiary/aromatic N) is 2. The molecule has 1 aromatic heterocycles. The second kappa shape index (κ2) is 4.55. The van der Waals surface area contributed by atoms with Crippen molar-refractivity contribution in [3.05, 3.63) is 11.7 Å². The van der Waals surface area contributed by atoms with E-state index in [9.17, 15) is 0 Å². The van der Waals surface area contributed by atoms with Crippen molar-refractivity contribution in [2.45, 2.75) is 34.1 Å². The highest BCUT2D eigenvalue weighted by Crippen LogP contribution is 2.09. The minimum Gasteiger partial charge on any atom is -0.339 e. The van der Waals surface area contributed by atoms with E-state index < -0.39 is 0 Å². The highest BCUT2D eigenvalue weighted by Gasteiger charge is 2.09. The average molecular weight is 197 g/mol. The van der Waals surface area contributed by atoms with Gasteiger partial charge in [-0.1, -0.05) is 25.9 Å². The molecule has 1 rings (SSSR count). The van der Waals surface area contributed by atoms with Crippen LogP contribution in [0.1, 0.15) is 32.5 Å². The quantitative estimate of drug-likeness (QED) is 0.744. The molecule has 80 valence electrons. The summed E-state index contributed by atoms with van der Waals surface area (Å²) in [5.41, 5.74) is 0.324. The first kappa shape index (κ1) is 11.2. The smallest absolute Gasteiger partial charge is 0.227 e. The summed E-state index contributed by atoms with van der Waals surface area (Å²) in [6.07, 6.45) is 0.803. The van der Waals surface area contributed by atoms with E-state index in [4.69, 9.17) is 4.52 Å². The van der Waals surface area contributed by atoms with Gasteiger partial charge >= 0.3 is 0 Å². The van der Waals surface area contributed by atoms with Crippen molar-refractivity contribution in [1.29, 1.82) is 0 Å². The van der Waals surface area contributed by atoms with Crippen LogP contribution in [0.15, 0.2) is 4.52 Å². The molecule has 4 heteroatoms. The Kier molecular flexibility index (Phi) is 3.63. The van der Waals surface area contributed by atoms with Gasteiger partial charge in [0.05, 0.1) is 0 Å². The molecule has 0 aromatic carbocycles.